The van der Waals surface area contributed by atoms with Gasteiger partial charge in [0.2, 0.25) is 0 Å². The van der Waals surface area contributed by atoms with Gasteiger partial charge in [-0.3, -0.25) is 0 Å². The first-order chi connectivity index (χ1) is 3.93. The molecular formula is C6H12ClN. The minimum Gasteiger partial charge on any atom is -0.316 e. The van der Waals surface area contributed by atoms with E-state index in [9.17, 15) is 0 Å². The van der Waals surface area contributed by atoms with Crippen molar-refractivity contribution in [3.63, 3.8) is 0 Å². The molecule has 1 aliphatic rings. The molecule has 0 aromatic carbocycles. The van der Waals surface area contributed by atoms with Crippen LogP contribution >= 0.6 is 11.6 Å². The largest absolute Gasteiger partial charge is 0.316 e. The Bertz CT molecular complexity index is 59.5. The van der Waals surface area contributed by atoms with Crippen LogP contribution in [-0.4, -0.2) is 19.0 Å². The average molecular weight is 134 g/mol. The molecule has 8 heavy (non-hydrogen) atoms. The van der Waals surface area contributed by atoms with Crippen LogP contribution in [0.3, 0.4) is 0 Å². The van der Waals surface area contributed by atoms with Crippen molar-refractivity contribution in [2.45, 2.75) is 12.8 Å². The molecule has 0 unspecified atom stereocenters. The number of hydrogen-bond acceptors (Lipinski definition) is 1. The Balaban J connectivity index is 2.13. The fourth-order valence-electron chi connectivity index (χ4n) is 1.06. The van der Waals surface area contributed by atoms with Gasteiger partial charge in [0.15, 0.2) is 0 Å². The van der Waals surface area contributed by atoms with E-state index in [4.69, 9.17) is 11.6 Å². The van der Waals surface area contributed by atoms with Crippen LogP contribution in [0.1, 0.15) is 12.8 Å². The second-order valence-corrected chi connectivity index (χ2v) is 2.68. The fraction of sp³-hybridized carbons (Fsp3) is 1.00. The van der Waals surface area contributed by atoms with Gasteiger partial charge in [0.1, 0.15) is 0 Å². The third-order valence-corrected chi connectivity index (χ3v) is 2.05. The molecule has 0 radical (unpaired) electrons. The minimum absolute atomic E-state index is 0.741. The summed E-state index contributed by atoms with van der Waals surface area (Å²) in [6, 6.07) is 0. The number of rotatable bonds is 1. The quantitative estimate of drug-likeness (QED) is 0.531. The Morgan fingerprint density at radius 2 is 2.50 bits per heavy atom. The van der Waals surface area contributed by atoms with Crippen LogP contribution in [0.2, 0.25) is 0 Å². The second-order valence-electron chi connectivity index (χ2n) is 2.37. The SMILES string of the molecule is ClC[C@@H]1CCCNC1. The molecule has 1 heterocycles. The first kappa shape index (κ1) is 6.37. The summed E-state index contributed by atoms with van der Waals surface area (Å²) in [5, 5.41) is 3.30. The summed E-state index contributed by atoms with van der Waals surface area (Å²) in [4.78, 5) is 0. The summed E-state index contributed by atoms with van der Waals surface area (Å²) < 4.78 is 0. The molecule has 48 valence electrons. The molecule has 2 heteroatoms. The highest BCUT2D eigenvalue weighted by Gasteiger charge is 2.09. The third kappa shape index (κ3) is 1.64. The van der Waals surface area contributed by atoms with Crippen LogP contribution in [0.15, 0.2) is 0 Å². The lowest BCUT2D eigenvalue weighted by Crippen LogP contribution is -2.30. The van der Waals surface area contributed by atoms with Crippen molar-refractivity contribution >= 4 is 11.6 Å². The molecule has 0 aliphatic carbocycles. The highest BCUT2D eigenvalue weighted by Crippen LogP contribution is 2.10. The molecule has 1 atom stereocenters. The zero-order valence-electron chi connectivity index (χ0n) is 4.99. The first-order valence-corrected chi connectivity index (χ1v) is 3.73. The van der Waals surface area contributed by atoms with Crippen LogP contribution in [0.5, 0.6) is 0 Å². The van der Waals surface area contributed by atoms with Crippen LogP contribution < -0.4 is 5.32 Å². The van der Waals surface area contributed by atoms with E-state index in [1.807, 2.05) is 0 Å². The summed E-state index contributed by atoms with van der Waals surface area (Å²) in [6.07, 6.45) is 2.62. The molecule has 1 fully saturated rings. The van der Waals surface area contributed by atoms with Crippen molar-refractivity contribution in [3.05, 3.63) is 0 Å². The number of nitrogens with one attached hydrogen (secondary N) is 1. The van der Waals surface area contributed by atoms with E-state index < -0.39 is 0 Å². The molecule has 0 amide bonds. The van der Waals surface area contributed by atoms with E-state index in [1.54, 1.807) is 0 Å². The third-order valence-electron chi connectivity index (χ3n) is 1.62. The second kappa shape index (κ2) is 3.31. The maximum atomic E-state index is 5.64. The highest BCUT2D eigenvalue weighted by molar-refractivity contribution is 6.18. The zero-order valence-corrected chi connectivity index (χ0v) is 5.75. The van der Waals surface area contributed by atoms with E-state index in [-0.39, 0.29) is 0 Å². The van der Waals surface area contributed by atoms with E-state index in [0.29, 0.717) is 0 Å². The number of alkyl halides is 1. The lowest BCUT2D eigenvalue weighted by atomic mass is 10.0. The predicted molar refractivity (Wildman–Crippen MR) is 36.3 cm³/mol. The number of halogens is 1. The van der Waals surface area contributed by atoms with Gasteiger partial charge in [-0.25, -0.2) is 0 Å². The Hall–Kier alpha value is 0.250. The van der Waals surface area contributed by atoms with Crippen LogP contribution in [-0.2, 0) is 0 Å². The van der Waals surface area contributed by atoms with Crippen molar-refractivity contribution in [1.82, 2.24) is 5.32 Å². The smallest absolute Gasteiger partial charge is 0.0263 e. The summed E-state index contributed by atoms with van der Waals surface area (Å²) in [5.41, 5.74) is 0. The Morgan fingerprint density at radius 3 is 2.88 bits per heavy atom. The summed E-state index contributed by atoms with van der Waals surface area (Å²) >= 11 is 5.64. The maximum absolute atomic E-state index is 5.64. The minimum atomic E-state index is 0.741. The average Bonchev–Trinajstić information content (AvgIpc) is 1.90. The molecule has 1 N–H and O–H groups in total. The molecular weight excluding hydrogens is 122 g/mol. The summed E-state index contributed by atoms with van der Waals surface area (Å²) in [7, 11) is 0. The Kier molecular flexibility index (Phi) is 2.64. The first-order valence-electron chi connectivity index (χ1n) is 3.20. The highest BCUT2D eigenvalue weighted by atomic mass is 35.5. The summed E-state index contributed by atoms with van der Waals surface area (Å²) in [6.45, 7) is 2.32. The fourth-order valence-corrected chi connectivity index (χ4v) is 1.32. The summed E-state index contributed by atoms with van der Waals surface area (Å²) in [5.74, 6) is 1.57. The topological polar surface area (TPSA) is 12.0 Å². The Labute approximate surface area is 55.4 Å². The van der Waals surface area contributed by atoms with E-state index in [1.165, 1.54) is 19.4 Å². The van der Waals surface area contributed by atoms with E-state index in [2.05, 4.69) is 5.32 Å². The zero-order chi connectivity index (χ0) is 5.82. The van der Waals surface area contributed by atoms with Crippen molar-refractivity contribution in [2.24, 2.45) is 5.92 Å². The number of hydrogen-bond donors (Lipinski definition) is 1. The van der Waals surface area contributed by atoms with Gasteiger partial charge >= 0.3 is 0 Å². The molecule has 0 bridgehead atoms. The molecule has 0 aromatic rings. The van der Waals surface area contributed by atoms with E-state index >= 15 is 0 Å². The predicted octanol–water partition coefficient (Wildman–Crippen LogP) is 1.22. The van der Waals surface area contributed by atoms with Gasteiger partial charge in [-0.15, -0.1) is 11.6 Å². The molecule has 1 aliphatic heterocycles. The van der Waals surface area contributed by atoms with Crippen molar-refractivity contribution < 1.29 is 0 Å². The van der Waals surface area contributed by atoms with Gasteiger partial charge in [0, 0.05) is 5.88 Å². The van der Waals surface area contributed by atoms with Crippen LogP contribution in [0, 0.1) is 5.92 Å². The van der Waals surface area contributed by atoms with E-state index in [0.717, 1.165) is 18.3 Å². The van der Waals surface area contributed by atoms with Gasteiger partial charge in [0.25, 0.3) is 0 Å². The van der Waals surface area contributed by atoms with Crippen LogP contribution in [0.4, 0.5) is 0 Å². The van der Waals surface area contributed by atoms with Crippen molar-refractivity contribution in [1.29, 1.82) is 0 Å². The van der Waals surface area contributed by atoms with Gasteiger partial charge in [-0.2, -0.15) is 0 Å². The van der Waals surface area contributed by atoms with Gasteiger partial charge in [-0.05, 0) is 31.8 Å². The monoisotopic (exact) mass is 133 g/mol. The maximum Gasteiger partial charge on any atom is 0.0263 e. The standard InChI is InChI=1S/C6H12ClN/c7-4-6-2-1-3-8-5-6/h6,8H,1-5H2/t6-/m0/s1. The molecule has 1 saturated heterocycles. The van der Waals surface area contributed by atoms with Gasteiger partial charge in [0.05, 0.1) is 0 Å². The van der Waals surface area contributed by atoms with Crippen LogP contribution in [0.25, 0.3) is 0 Å². The molecule has 0 spiro atoms. The molecule has 1 nitrogen and oxygen atoms in total. The molecule has 1 rings (SSSR count). The van der Waals surface area contributed by atoms with Crippen molar-refractivity contribution in [2.75, 3.05) is 19.0 Å². The van der Waals surface area contributed by atoms with Crippen molar-refractivity contribution in [3.8, 4) is 0 Å². The molecule has 0 aromatic heterocycles. The lowest BCUT2D eigenvalue weighted by molar-refractivity contribution is 0.408. The Morgan fingerprint density at radius 1 is 1.62 bits per heavy atom. The number of piperidine rings is 1. The van der Waals surface area contributed by atoms with Gasteiger partial charge < -0.3 is 5.32 Å². The van der Waals surface area contributed by atoms with Gasteiger partial charge in [-0.1, -0.05) is 0 Å². The normalized spacial score (nSPS) is 30.4. The molecule has 0 saturated carbocycles. The lowest BCUT2D eigenvalue weighted by Gasteiger charge is -2.19.